The molecule has 3 aromatic rings. The van der Waals surface area contributed by atoms with Gasteiger partial charge in [-0.3, -0.25) is 4.98 Å². The van der Waals surface area contributed by atoms with Crippen LogP contribution in [0.25, 0.3) is 21.0 Å². The number of benzene rings is 1. The third-order valence-corrected chi connectivity index (χ3v) is 2.99. The molecule has 0 fully saturated rings. The van der Waals surface area contributed by atoms with Crippen LogP contribution in [0.2, 0.25) is 0 Å². The van der Waals surface area contributed by atoms with Gasteiger partial charge in [-0.25, -0.2) is 4.98 Å². The molecule has 2 heterocycles. The molecule has 1 aromatic carbocycles. The molecular formula is C10H6N2S. The van der Waals surface area contributed by atoms with Crippen molar-refractivity contribution in [1.82, 2.24) is 9.97 Å². The molecule has 0 N–H and O–H groups in total. The van der Waals surface area contributed by atoms with Gasteiger partial charge in [0.25, 0.3) is 0 Å². The number of aromatic nitrogens is 2. The van der Waals surface area contributed by atoms with Gasteiger partial charge in [0.05, 0.1) is 15.7 Å². The molecule has 13 heavy (non-hydrogen) atoms. The molecule has 0 spiro atoms. The van der Waals surface area contributed by atoms with Crippen molar-refractivity contribution in [1.29, 1.82) is 0 Å². The Hall–Kier alpha value is -1.48. The first-order valence-electron chi connectivity index (χ1n) is 4.01. The average Bonchev–Trinajstić information content (AvgIpc) is 2.65. The van der Waals surface area contributed by atoms with Gasteiger partial charge in [-0.2, -0.15) is 0 Å². The minimum atomic E-state index is 1.07. The molecule has 0 radical (unpaired) electrons. The smallest absolute Gasteiger partial charge is 0.0818 e. The van der Waals surface area contributed by atoms with E-state index in [4.69, 9.17) is 0 Å². The van der Waals surface area contributed by atoms with Gasteiger partial charge in [0.15, 0.2) is 0 Å². The summed E-state index contributed by atoms with van der Waals surface area (Å²) >= 11 is 1.68. The Morgan fingerprint density at radius 2 is 2.15 bits per heavy atom. The summed E-state index contributed by atoms with van der Waals surface area (Å²) in [5.41, 5.74) is 2.95. The first-order valence-corrected chi connectivity index (χ1v) is 4.89. The summed E-state index contributed by atoms with van der Waals surface area (Å²) < 4.78 is 1.25. The van der Waals surface area contributed by atoms with Gasteiger partial charge in [0, 0.05) is 23.2 Å². The fourth-order valence-electron chi connectivity index (χ4n) is 1.49. The molecule has 0 saturated heterocycles. The van der Waals surface area contributed by atoms with E-state index in [0.717, 1.165) is 5.52 Å². The van der Waals surface area contributed by atoms with Gasteiger partial charge < -0.3 is 0 Å². The van der Waals surface area contributed by atoms with Gasteiger partial charge in [-0.05, 0) is 12.1 Å². The van der Waals surface area contributed by atoms with Crippen molar-refractivity contribution in [3.8, 4) is 0 Å². The van der Waals surface area contributed by atoms with Gasteiger partial charge >= 0.3 is 0 Å². The number of nitrogens with zero attached hydrogens (tertiary/aromatic N) is 2. The van der Waals surface area contributed by atoms with Crippen LogP contribution >= 0.6 is 11.3 Å². The van der Waals surface area contributed by atoms with Crippen LogP contribution in [0.3, 0.4) is 0 Å². The normalized spacial score (nSPS) is 11.1. The summed E-state index contributed by atoms with van der Waals surface area (Å²) in [6.07, 6.45) is 3.70. The number of fused-ring (bicyclic) bond motifs is 3. The number of hydrogen-bond acceptors (Lipinski definition) is 3. The van der Waals surface area contributed by atoms with E-state index >= 15 is 0 Å². The Bertz CT molecular complexity index is 571. The lowest BCUT2D eigenvalue weighted by Crippen LogP contribution is -1.75. The maximum Gasteiger partial charge on any atom is 0.0818 e. The molecule has 0 amide bonds. The molecule has 0 aliphatic carbocycles. The third-order valence-electron chi connectivity index (χ3n) is 2.11. The Kier molecular flexibility index (Phi) is 1.34. The molecule has 3 rings (SSSR count). The number of thiazole rings is 1. The highest BCUT2D eigenvalue weighted by Crippen LogP contribution is 2.26. The van der Waals surface area contributed by atoms with E-state index in [9.17, 15) is 0 Å². The summed E-state index contributed by atoms with van der Waals surface area (Å²) in [4.78, 5) is 8.36. The second-order valence-corrected chi connectivity index (χ2v) is 3.72. The van der Waals surface area contributed by atoms with Gasteiger partial charge in [0.1, 0.15) is 0 Å². The molecule has 0 bridgehead atoms. The second-order valence-electron chi connectivity index (χ2n) is 2.86. The second kappa shape index (κ2) is 2.50. The van der Waals surface area contributed by atoms with Crippen LogP contribution < -0.4 is 0 Å². The lowest BCUT2D eigenvalue weighted by Gasteiger charge is -1.95. The summed E-state index contributed by atoms with van der Waals surface area (Å²) in [6.45, 7) is 0. The van der Waals surface area contributed by atoms with Gasteiger partial charge in [-0.15, -0.1) is 11.3 Å². The highest BCUT2D eigenvalue weighted by molar-refractivity contribution is 7.17. The Balaban J connectivity index is 2.65. The molecule has 62 valence electrons. The molecule has 0 saturated carbocycles. The van der Waals surface area contributed by atoms with E-state index in [1.54, 1.807) is 11.3 Å². The largest absolute Gasteiger partial charge is 0.264 e. The van der Waals surface area contributed by atoms with E-state index < -0.39 is 0 Å². The maximum absolute atomic E-state index is 4.27. The predicted octanol–water partition coefficient (Wildman–Crippen LogP) is 2.84. The first kappa shape index (κ1) is 6.97. The zero-order valence-electron chi connectivity index (χ0n) is 6.77. The quantitative estimate of drug-likeness (QED) is 0.539. The van der Waals surface area contributed by atoms with E-state index in [1.165, 1.54) is 15.5 Å². The maximum atomic E-state index is 4.27. The van der Waals surface area contributed by atoms with Gasteiger partial charge in [-0.1, -0.05) is 6.07 Å². The fourth-order valence-corrected chi connectivity index (χ4v) is 2.32. The average molecular weight is 186 g/mol. The van der Waals surface area contributed by atoms with Crippen LogP contribution in [0.1, 0.15) is 0 Å². The zero-order valence-corrected chi connectivity index (χ0v) is 7.58. The molecule has 0 atom stereocenters. The number of rotatable bonds is 0. The molecular weight excluding hydrogens is 180 g/mol. The topological polar surface area (TPSA) is 25.8 Å². The van der Waals surface area contributed by atoms with Crippen molar-refractivity contribution < 1.29 is 0 Å². The van der Waals surface area contributed by atoms with E-state index in [1.807, 2.05) is 30.0 Å². The van der Waals surface area contributed by atoms with E-state index in [0.29, 0.717) is 0 Å². The zero-order chi connectivity index (χ0) is 8.67. The van der Waals surface area contributed by atoms with Crippen LogP contribution in [-0.4, -0.2) is 9.97 Å². The molecule has 2 aromatic heterocycles. The Morgan fingerprint density at radius 1 is 1.15 bits per heavy atom. The van der Waals surface area contributed by atoms with Crippen LogP contribution in [-0.2, 0) is 0 Å². The van der Waals surface area contributed by atoms with Crippen LogP contribution in [0.15, 0.2) is 36.1 Å². The number of hydrogen-bond donors (Lipinski definition) is 0. The molecule has 0 unspecified atom stereocenters. The fraction of sp³-hybridized carbons (Fsp3) is 0. The van der Waals surface area contributed by atoms with Crippen molar-refractivity contribution in [3.05, 3.63) is 36.1 Å². The summed E-state index contributed by atoms with van der Waals surface area (Å²) in [6, 6.07) is 6.14. The monoisotopic (exact) mass is 186 g/mol. The van der Waals surface area contributed by atoms with Crippen LogP contribution in [0.4, 0.5) is 0 Å². The molecule has 0 aliphatic heterocycles. The lowest BCUT2D eigenvalue weighted by molar-refractivity contribution is 1.37. The van der Waals surface area contributed by atoms with Gasteiger partial charge in [0.2, 0.25) is 0 Å². The van der Waals surface area contributed by atoms with Crippen molar-refractivity contribution >= 4 is 32.3 Å². The Morgan fingerprint density at radius 3 is 3.15 bits per heavy atom. The Labute approximate surface area is 78.9 Å². The SMILES string of the molecule is c1cc2c(ccc3ncsc32)cn1. The molecule has 0 aliphatic rings. The lowest BCUT2D eigenvalue weighted by atomic mass is 10.2. The summed E-state index contributed by atoms with van der Waals surface area (Å²) in [5.74, 6) is 0. The minimum Gasteiger partial charge on any atom is -0.264 e. The molecule has 3 heteroatoms. The summed E-state index contributed by atoms with van der Waals surface area (Å²) in [5, 5.41) is 2.43. The predicted molar refractivity (Wildman–Crippen MR) is 54.9 cm³/mol. The van der Waals surface area contributed by atoms with Crippen molar-refractivity contribution in [2.24, 2.45) is 0 Å². The number of pyridine rings is 1. The van der Waals surface area contributed by atoms with Crippen molar-refractivity contribution in [3.63, 3.8) is 0 Å². The van der Waals surface area contributed by atoms with E-state index in [2.05, 4.69) is 16.0 Å². The highest BCUT2D eigenvalue weighted by Gasteiger charge is 2.00. The summed E-state index contributed by atoms with van der Waals surface area (Å²) in [7, 11) is 0. The van der Waals surface area contributed by atoms with Crippen LogP contribution in [0, 0.1) is 0 Å². The third kappa shape index (κ3) is 0.939. The van der Waals surface area contributed by atoms with Crippen molar-refractivity contribution in [2.45, 2.75) is 0 Å². The minimum absolute atomic E-state index is 1.07. The molecule has 2 nitrogen and oxygen atoms in total. The first-order chi connectivity index (χ1) is 6.45. The van der Waals surface area contributed by atoms with E-state index in [-0.39, 0.29) is 0 Å². The van der Waals surface area contributed by atoms with Crippen LogP contribution in [0.5, 0.6) is 0 Å². The standard InChI is InChI=1S/C10H6N2S/c1-2-9-10(13-6-12-9)8-3-4-11-5-7(1)8/h1-6H. The highest BCUT2D eigenvalue weighted by atomic mass is 32.1. The van der Waals surface area contributed by atoms with Crippen molar-refractivity contribution in [2.75, 3.05) is 0 Å².